The SMILES string of the molecule is CCOC(=O)[C@@H]1Oc2c(c(=O)oc3ccccc23)[C@@H]1c1cc(OC)c(OC)c(OC)c1. The van der Waals surface area contributed by atoms with Crippen LogP contribution in [0.25, 0.3) is 11.0 Å². The third-order valence-corrected chi connectivity index (χ3v) is 5.22. The average Bonchev–Trinajstić information content (AvgIpc) is 3.20. The maximum Gasteiger partial charge on any atom is 0.348 e. The van der Waals surface area contributed by atoms with E-state index in [9.17, 15) is 9.59 Å². The Labute approximate surface area is 178 Å². The summed E-state index contributed by atoms with van der Waals surface area (Å²) in [4.78, 5) is 25.8. The molecule has 8 nitrogen and oxygen atoms in total. The van der Waals surface area contributed by atoms with Crippen molar-refractivity contribution < 1.29 is 32.9 Å². The summed E-state index contributed by atoms with van der Waals surface area (Å²) in [5, 5.41) is 0.598. The van der Waals surface area contributed by atoms with Gasteiger partial charge in [-0.1, -0.05) is 12.1 Å². The van der Waals surface area contributed by atoms with Gasteiger partial charge in [-0.05, 0) is 36.8 Å². The Balaban J connectivity index is 1.98. The molecule has 0 bridgehead atoms. The fourth-order valence-electron chi connectivity index (χ4n) is 3.91. The van der Waals surface area contributed by atoms with E-state index in [0.717, 1.165) is 0 Å². The highest BCUT2D eigenvalue weighted by Crippen LogP contribution is 2.48. The number of carbonyl (C=O) groups is 1. The molecule has 1 aliphatic rings. The first-order valence-electron chi connectivity index (χ1n) is 9.72. The molecule has 0 radical (unpaired) electrons. The van der Waals surface area contributed by atoms with Crippen LogP contribution in [0.2, 0.25) is 0 Å². The number of carbonyl (C=O) groups excluding carboxylic acids is 1. The molecule has 2 aromatic carbocycles. The van der Waals surface area contributed by atoms with Crippen LogP contribution in [0, 0.1) is 0 Å². The predicted molar refractivity (Wildman–Crippen MR) is 111 cm³/mol. The lowest BCUT2D eigenvalue weighted by atomic mass is 9.88. The van der Waals surface area contributed by atoms with Gasteiger partial charge in [-0.3, -0.25) is 0 Å². The number of ether oxygens (including phenoxy) is 5. The number of hydrogen-bond donors (Lipinski definition) is 0. The first kappa shape index (κ1) is 20.6. The van der Waals surface area contributed by atoms with Crippen molar-refractivity contribution in [3.8, 4) is 23.0 Å². The third kappa shape index (κ3) is 3.34. The Morgan fingerprint density at radius 3 is 2.32 bits per heavy atom. The van der Waals surface area contributed by atoms with Crippen molar-refractivity contribution in [1.29, 1.82) is 0 Å². The Kier molecular flexibility index (Phi) is 5.46. The van der Waals surface area contributed by atoms with Crippen molar-refractivity contribution in [3.05, 3.63) is 57.9 Å². The van der Waals surface area contributed by atoms with Gasteiger partial charge in [-0.25, -0.2) is 9.59 Å². The highest BCUT2D eigenvalue weighted by molar-refractivity contribution is 5.88. The summed E-state index contributed by atoms with van der Waals surface area (Å²) < 4.78 is 33.1. The molecule has 3 aromatic rings. The molecule has 0 saturated carbocycles. The zero-order valence-corrected chi connectivity index (χ0v) is 17.6. The molecule has 8 heteroatoms. The van der Waals surface area contributed by atoms with E-state index in [1.165, 1.54) is 21.3 Å². The Bertz CT molecular complexity index is 1170. The monoisotopic (exact) mass is 426 g/mol. The smallest absolute Gasteiger partial charge is 0.348 e. The van der Waals surface area contributed by atoms with Gasteiger partial charge < -0.3 is 28.1 Å². The van der Waals surface area contributed by atoms with E-state index in [0.29, 0.717) is 39.5 Å². The summed E-state index contributed by atoms with van der Waals surface area (Å²) in [5.41, 5.74) is 0.596. The number of methoxy groups -OCH3 is 3. The standard InChI is InChI=1S/C23H22O8/c1-5-29-23(25)21-17(12-10-15(26-2)20(28-4)16(11-12)27-3)18-19(31-21)13-8-6-7-9-14(13)30-22(18)24/h6-11,17,21H,5H2,1-4H3/t17-,21+/m0/s1. The first-order chi connectivity index (χ1) is 15.0. The van der Waals surface area contributed by atoms with Crippen molar-refractivity contribution in [2.75, 3.05) is 27.9 Å². The number of rotatable bonds is 6. The maximum absolute atomic E-state index is 13.0. The molecule has 162 valence electrons. The lowest BCUT2D eigenvalue weighted by Gasteiger charge is -2.20. The lowest BCUT2D eigenvalue weighted by molar-refractivity contribution is -0.151. The molecular weight excluding hydrogens is 404 g/mol. The van der Waals surface area contributed by atoms with Crippen LogP contribution in [0.3, 0.4) is 0 Å². The first-order valence-corrected chi connectivity index (χ1v) is 9.72. The van der Waals surface area contributed by atoms with Gasteiger partial charge in [0.1, 0.15) is 11.3 Å². The molecule has 2 atom stereocenters. The largest absolute Gasteiger partial charge is 0.493 e. The van der Waals surface area contributed by atoms with Crippen LogP contribution in [0.5, 0.6) is 23.0 Å². The molecule has 0 fully saturated rings. The molecule has 1 aromatic heterocycles. The lowest BCUT2D eigenvalue weighted by Crippen LogP contribution is -2.32. The predicted octanol–water partition coefficient (Wildman–Crippen LogP) is 3.27. The summed E-state index contributed by atoms with van der Waals surface area (Å²) >= 11 is 0. The third-order valence-electron chi connectivity index (χ3n) is 5.22. The van der Waals surface area contributed by atoms with Crippen molar-refractivity contribution >= 4 is 16.9 Å². The van der Waals surface area contributed by atoms with Gasteiger partial charge in [-0.2, -0.15) is 0 Å². The van der Waals surface area contributed by atoms with Crippen LogP contribution >= 0.6 is 0 Å². The van der Waals surface area contributed by atoms with E-state index in [1.54, 1.807) is 43.3 Å². The molecule has 0 amide bonds. The Hall–Kier alpha value is -3.68. The quantitative estimate of drug-likeness (QED) is 0.438. The number of fused-ring (bicyclic) bond motifs is 3. The fourth-order valence-corrected chi connectivity index (χ4v) is 3.91. The molecule has 4 rings (SSSR count). The summed E-state index contributed by atoms with van der Waals surface area (Å²) in [6.07, 6.45) is -1.08. The molecule has 31 heavy (non-hydrogen) atoms. The topological polar surface area (TPSA) is 93.4 Å². The molecule has 0 saturated heterocycles. The number of hydrogen-bond acceptors (Lipinski definition) is 8. The van der Waals surface area contributed by atoms with E-state index in [1.807, 2.05) is 0 Å². The molecule has 2 heterocycles. The van der Waals surface area contributed by atoms with Crippen LogP contribution in [-0.2, 0) is 9.53 Å². The van der Waals surface area contributed by atoms with Gasteiger partial charge in [0.05, 0.1) is 44.8 Å². The maximum atomic E-state index is 13.0. The minimum Gasteiger partial charge on any atom is -0.493 e. The number of para-hydroxylation sites is 1. The molecule has 0 N–H and O–H groups in total. The van der Waals surface area contributed by atoms with Gasteiger partial charge >= 0.3 is 11.6 Å². The van der Waals surface area contributed by atoms with Crippen LogP contribution < -0.4 is 24.6 Å². The average molecular weight is 426 g/mol. The van der Waals surface area contributed by atoms with Gasteiger partial charge in [0.2, 0.25) is 11.9 Å². The van der Waals surface area contributed by atoms with Crippen molar-refractivity contribution in [3.63, 3.8) is 0 Å². The zero-order valence-electron chi connectivity index (χ0n) is 17.6. The highest BCUT2D eigenvalue weighted by Gasteiger charge is 2.45. The van der Waals surface area contributed by atoms with E-state index >= 15 is 0 Å². The van der Waals surface area contributed by atoms with Crippen LogP contribution in [0.4, 0.5) is 0 Å². The molecule has 1 aliphatic heterocycles. The van der Waals surface area contributed by atoms with E-state index in [-0.39, 0.29) is 12.2 Å². The minimum absolute atomic E-state index is 0.173. The van der Waals surface area contributed by atoms with Gasteiger partial charge in [0, 0.05) is 0 Å². The van der Waals surface area contributed by atoms with E-state index in [4.69, 9.17) is 28.1 Å². The Morgan fingerprint density at radius 1 is 1.03 bits per heavy atom. The fraction of sp³-hybridized carbons (Fsp3) is 0.304. The second kappa shape index (κ2) is 8.22. The number of benzene rings is 2. The van der Waals surface area contributed by atoms with Crippen molar-refractivity contribution in [1.82, 2.24) is 0 Å². The summed E-state index contributed by atoms with van der Waals surface area (Å²) in [6, 6.07) is 10.4. The van der Waals surface area contributed by atoms with Crippen molar-refractivity contribution in [2.45, 2.75) is 18.9 Å². The second-order valence-corrected chi connectivity index (χ2v) is 6.86. The molecule has 0 aliphatic carbocycles. The summed E-state index contributed by atoms with van der Waals surface area (Å²) in [6.45, 7) is 1.88. The van der Waals surface area contributed by atoms with Crippen LogP contribution in [-0.4, -0.2) is 40.0 Å². The molecular formula is C23H22O8. The molecule has 0 unspecified atom stereocenters. The summed E-state index contributed by atoms with van der Waals surface area (Å²) in [7, 11) is 4.48. The second-order valence-electron chi connectivity index (χ2n) is 6.86. The number of esters is 1. The van der Waals surface area contributed by atoms with Crippen LogP contribution in [0.15, 0.2) is 45.6 Å². The highest BCUT2D eigenvalue weighted by atomic mass is 16.6. The van der Waals surface area contributed by atoms with Gasteiger partial charge in [-0.15, -0.1) is 0 Å². The summed E-state index contributed by atoms with van der Waals surface area (Å²) in [5.74, 6) is 0.107. The normalized spacial score (nSPS) is 17.0. The van der Waals surface area contributed by atoms with E-state index in [2.05, 4.69) is 0 Å². The van der Waals surface area contributed by atoms with Crippen LogP contribution in [0.1, 0.15) is 24.0 Å². The van der Waals surface area contributed by atoms with E-state index < -0.39 is 23.6 Å². The Morgan fingerprint density at radius 2 is 1.71 bits per heavy atom. The van der Waals surface area contributed by atoms with Gasteiger partial charge in [0.15, 0.2) is 11.5 Å². The van der Waals surface area contributed by atoms with Crippen molar-refractivity contribution in [2.24, 2.45) is 0 Å². The minimum atomic E-state index is -1.08. The van der Waals surface area contributed by atoms with Gasteiger partial charge in [0.25, 0.3) is 0 Å². The molecule has 0 spiro atoms. The zero-order chi connectivity index (χ0) is 22.1.